The van der Waals surface area contributed by atoms with E-state index in [2.05, 4.69) is 34.8 Å². The number of nitrogens with one attached hydrogen (secondary N) is 1. The van der Waals surface area contributed by atoms with Crippen LogP contribution in [0.25, 0.3) is 10.9 Å². The van der Waals surface area contributed by atoms with Crippen molar-refractivity contribution in [2.45, 2.75) is 6.42 Å². The zero-order chi connectivity index (χ0) is 9.97. The first-order valence-electron chi connectivity index (χ1n) is 4.87. The number of aromatic nitrogens is 2. The van der Waals surface area contributed by atoms with Gasteiger partial charge in [0, 0.05) is 18.6 Å². The van der Waals surface area contributed by atoms with Gasteiger partial charge in [-0.1, -0.05) is 18.2 Å². The molecule has 3 heteroatoms. The molecule has 0 aliphatic heterocycles. The van der Waals surface area contributed by atoms with Crippen LogP contribution in [0.5, 0.6) is 0 Å². The molecule has 1 heterocycles. The lowest BCUT2D eigenvalue weighted by Gasteiger charge is -2.00. The van der Waals surface area contributed by atoms with Gasteiger partial charge >= 0.3 is 0 Å². The minimum Gasteiger partial charge on any atom is -0.319 e. The number of hydrogen-bond acceptors (Lipinski definition) is 2. The van der Waals surface area contributed by atoms with Crippen molar-refractivity contribution in [3.05, 3.63) is 30.0 Å². The quantitative estimate of drug-likeness (QED) is 0.789. The highest BCUT2D eigenvalue weighted by Crippen LogP contribution is 2.16. The summed E-state index contributed by atoms with van der Waals surface area (Å²) in [7, 11) is 3.93. The number of nitrogens with zero attached hydrogens (tertiary/aromatic N) is 2. The van der Waals surface area contributed by atoms with Crippen LogP contribution in [0.4, 0.5) is 0 Å². The Kier molecular flexibility index (Phi) is 2.50. The Morgan fingerprint density at radius 2 is 2.29 bits per heavy atom. The van der Waals surface area contributed by atoms with Crippen LogP contribution in [-0.4, -0.2) is 23.4 Å². The zero-order valence-electron chi connectivity index (χ0n) is 8.62. The van der Waals surface area contributed by atoms with Crippen molar-refractivity contribution in [2.24, 2.45) is 7.05 Å². The number of fused-ring (bicyclic) bond motifs is 1. The second-order valence-electron chi connectivity index (χ2n) is 3.51. The summed E-state index contributed by atoms with van der Waals surface area (Å²) in [5.41, 5.74) is 2.45. The van der Waals surface area contributed by atoms with Gasteiger partial charge in [-0.3, -0.25) is 4.68 Å². The second kappa shape index (κ2) is 3.80. The number of benzene rings is 1. The molecule has 0 saturated heterocycles. The van der Waals surface area contributed by atoms with Crippen LogP contribution < -0.4 is 5.32 Å². The van der Waals surface area contributed by atoms with Gasteiger partial charge in [-0.25, -0.2) is 0 Å². The summed E-state index contributed by atoms with van der Waals surface area (Å²) in [6.45, 7) is 0.996. The molecule has 0 aliphatic rings. The first-order valence-corrected chi connectivity index (χ1v) is 4.87. The van der Waals surface area contributed by atoms with Gasteiger partial charge in [0.25, 0.3) is 0 Å². The largest absolute Gasteiger partial charge is 0.319 e. The summed E-state index contributed by atoms with van der Waals surface area (Å²) in [6.07, 6.45) is 3.09. The maximum atomic E-state index is 4.45. The van der Waals surface area contributed by atoms with E-state index in [4.69, 9.17) is 0 Å². The fourth-order valence-corrected chi connectivity index (χ4v) is 1.69. The molecule has 1 N–H and O–H groups in total. The Morgan fingerprint density at radius 1 is 1.43 bits per heavy atom. The van der Waals surface area contributed by atoms with Gasteiger partial charge in [0.2, 0.25) is 0 Å². The Hall–Kier alpha value is -1.35. The molecule has 2 aromatic rings. The molecule has 0 amide bonds. The van der Waals surface area contributed by atoms with Gasteiger partial charge in [0.05, 0.1) is 5.52 Å². The monoisotopic (exact) mass is 189 g/mol. The number of aryl methyl sites for hydroxylation is 1. The van der Waals surface area contributed by atoms with Crippen molar-refractivity contribution in [3.8, 4) is 0 Å². The third-order valence-electron chi connectivity index (χ3n) is 2.38. The molecule has 14 heavy (non-hydrogen) atoms. The Balaban J connectivity index is 2.42. The van der Waals surface area contributed by atoms with Crippen LogP contribution in [0, 0.1) is 0 Å². The molecule has 1 aromatic carbocycles. The first kappa shape index (κ1) is 9.21. The van der Waals surface area contributed by atoms with Crippen LogP contribution in [0.2, 0.25) is 0 Å². The van der Waals surface area contributed by atoms with Crippen LogP contribution in [-0.2, 0) is 13.5 Å². The average molecular weight is 189 g/mol. The van der Waals surface area contributed by atoms with E-state index in [0.717, 1.165) is 18.5 Å². The lowest BCUT2D eigenvalue weighted by Crippen LogP contribution is -2.10. The number of rotatable bonds is 3. The molecule has 1 aromatic heterocycles. The highest BCUT2D eigenvalue weighted by molar-refractivity contribution is 5.81. The molecular formula is C11H15N3. The highest BCUT2D eigenvalue weighted by Gasteiger charge is 2.03. The van der Waals surface area contributed by atoms with Gasteiger partial charge in [0.1, 0.15) is 0 Å². The molecule has 0 spiro atoms. The molecule has 0 radical (unpaired) electrons. The molecule has 0 aliphatic carbocycles. The Labute approximate surface area is 83.7 Å². The normalized spacial score (nSPS) is 11.0. The van der Waals surface area contributed by atoms with Crippen LogP contribution in [0.15, 0.2) is 24.4 Å². The van der Waals surface area contributed by atoms with Crippen molar-refractivity contribution in [1.29, 1.82) is 0 Å². The van der Waals surface area contributed by atoms with E-state index in [1.165, 1.54) is 10.9 Å². The standard InChI is InChI=1S/C11H15N3/c1-12-7-6-9-4-3-5-10-8-14(2)13-11(9)10/h3-5,8,12H,6-7H2,1-2H3. The van der Waals surface area contributed by atoms with E-state index in [1.54, 1.807) is 0 Å². The van der Waals surface area contributed by atoms with Gasteiger partial charge in [-0.2, -0.15) is 5.10 Å². The Bertz CT molecular complexity index is 431. The molecule has 0 fully saturated rings. The van der Waals surface area contributed by atoms with Crippen molar-refractivity contribution in [3.63, 3.8) is 0 Å². The van der Waals surface area contributed by atoms with Crippen LogP contribution >= 0.6 is 0 Å². The lowest BCUT2D eigenvalue weighted by molar-refractivity contribution is 0.769. The molecule has 0 unspecified atom stereocenters. The third kappa shape index (κ3) is 1.63. The molecule has 3 nitrogen and oxygen atoms in total. The number of hydrogen-bond donors (Lipinski definition) is 1. The van der Waals surface area contributed by atoms with Crippen molar-refractivity contribution >= 4 is 10.9 Å². The first-order chi connectivity index (χ1) is 6.81. The summed E-state index contributed by atoms with van der Waals surface area (Å²) < 4.78 is 1.87. The van der Waals surface area contributed by atoms with Gasteiger partial charge in [0.15, 0.2) is 0 Å². The van der Waals surface area contributed by atoms with E-state index < -0.39 is 0 Å². The number of likely N-dealkylation sites (N-methyl/N-ethyl adjacent to an activating group) is 1. The highest BCUT2D eigenvalue weighted by atomic mass is 15.2. The molecule has 0 bridgehead atoms. The molecule has 0 atom stereocenters. The van der Waals surface area contributed by atoms with Crippen molar-refractivity contribution in [2.75, 3.05) is 13.6 Å². The third-order valence-corrected chi connectivity index (χ3v) is 2.38. The molecule has 0 saturated carbocycles. The van der Waals surface area contributed by atoms with E-state index in [-0.39, 0.29) is 0 Å². The second-order valence-corrected chi connectivity index (χ2v) is 3.51. The molecule has 2 rings (SSSR count). The van der Waals surface area contributed by atoms with E-state index >= 15 is 0 Å². The summed E-state index contributed by atoms with van der Waals surface area (Å²) in [5.74, 6) is 0. The SMILES string of the molecule is CNCCc1cccc2cn(C)nc12. The summed E-state index contributed by atoms with van der Waals surface area (Å²) >= 11 is 0. The van der Waals surface area contributed by atoms with Crippen LogP contribution in [0.1, 0.15) is 5.56 Å². The predicted molar refractivity (Wildman–Crippen MR) is 58.3 cm³/mol. The summed E-state index contributed by atoms with van der Waals surface area (Å²) in [6, 6.07) is 6.34. The minimum absolute atomic E-state index is 0.996. The fourth-order valence-electron chi connectivity index (χ4n) is 1.69. The minimum atomic E-state index is 0.996. The predicted octanol–water partition coefficient (Wildman–Crippen LogP) is 1.34. The molecule has 74 valence electrons. The van der Waals surface area contributed by atoms with E-state index in [1.807, 2.05) is 18.8 Å². The maximum absolute atomic E-state index is 4.45. The van der Waals surface area contributed by atoms with Gasteiger partial charge in [-0.05, 0) is 25.6 Å². The van der Waals surface area contributed by atoms with E-state index in [0.29, 0.717) is 0 Å². The Morgan fingerprint density at radius 3 is 3.07 bits per heavy atom. The van der Waals surface area contributed by atoms with Crippen LogP contribution in [0.3, 0.4) is 0 Å². The van der Waals surface area contributed by atoms with Gasteiger partial charge < -0.3 is 5.32 Å². The summed E-state index contributed by atoms with van der Waals surface area (Å²) in [5, 5.41) is 8.83. The average Bonchev–Trinajstić information content (AvgIpc) is 2.55. The van der Waals surface area contributed by atoms with Gasteiger partial charge in [-0.15, -0.1) is 0 Å². The smallest absolute Gasteiger partial charge is 0.0955 e. The van der Waals surface area contributed by atoms with E-state index in [9.17, 15) is 0 Å². The summed E-state index contributed by atoms with van der Waals surface area (Å²) in [4.78, 5) is 0. The topological polar surface area (TPSA) is 29.9 Å². The van der Waals surface area contributed by atoms with Crippen molar-refractivity contribution in [1.82, 2.24) is 15.1 Å². The lowest BCUT2D eigenvalue weighted by atomic mass is 10.1. The zero-order valence-corrected chi connectivity index (χ0v) is 8.62. The fraction of sp³-hybridized carbons (Fsp3) is 0.364. The molecular weight excluding hydrogens is 174 g/mol. The maximum Gasteiger partial charge on any atom is 0.0955 e. The van der Waals surface area contributed by atoms with Crippen molar-refractivity contribution < 1.29 is 0 Å².